The van der Waals surface area contributed by atoms with Crippen molar-refractivity contribution in [2.45, 2.75) is 0 Å². The maximum Gasteiger partial charge on any atom is 0.252 e. The van der Waals surface area contributed by atoms with E-state index in [-0.39, 0.29) is 35.8 Å². The second-order valence-corrected chi connectivity index (χ2v) is 4.96. The molecule has 0 saturated carbocycles. The highest BCUT2D eigenvalue weighted by molar-refractivity contribution is 14.0. The van der Waals surface area contributed by atoms with Crippen LogP contribution in [0.1, 0.15) is 10.4 Å². The fraction of sp³-hybridized carbons (Fsp3) is 0.235. The Bertz CT molecular complexity index is 740. The average Bonchev–Trinajstić information content (AvgIpc) is 2.65. The molecule has 26 heavy (non-hydrogen) atoms. The van der Waals surface area contributed by atoms with Crippen molar-refractivity contribution in [2.24, 2.45) is 10.7 Å². The number of nitrogens with zero attached hydrogens (tertiary/aromatic N) is 2. The van der Waals surface area contributed by atoms with Crippen molar-refractivity contribution in [2.75, 3.05) is 32.6 Å². The van der Waals surface area contributed by atoms with Gasteiger partial charge in [0.2, 0.25) is 0 Å². The van der Waals surface area contributed by atoms with Gasteiger partial charge in [0.15, 0.2) is 17.5 Å². The molecular weight excluding hydrogens is 449 g/mol. The van der Waals surface area contributed by atoms with Crippen LogP contribution in [0.4, 0.5) is 5.69 Å². The summed E-state index contributed by atoms with van der Waals surface area (Å²) in [5.41, 5.74) is 7.06. The van der Waals surface area contributed by atoms with E-state index in [2.05, 4.69) is 20.6 Å². The van der Waals surface area contributed by atoms with E-state index in [1.165, 1.54) is 6.20 Å². The Kier molecular flexibility index (Phi) is 9.20. The molecule has 0 unspecified atom stereocenters. The molecule has 0 spiro atoms. The number of carbonyl (C=O) groups excluding carboxylic acids is 1. The number of benzene rings is 1. The molecule has 0 radical (unpaired) electrons. The predicted octanol–water partition coefficient (Wildman–Crippen LogP) is 1.87. The van der Waals surface area contributed by atoms with E-state index >= 15 is 0 Å². The molecular formula is C17H22IN5O3. The Morgan fingerprint density at radius 1 is 1.23 bits per heavy atom. The highest BCUT2D eigenvalue weighted by Gasteiger charge is 2.05. The Morgan fingerprint density at radius 2 is 2.00 bits per heavy atom. The molecule has 2 aromatic rings. The summed E-state index contributed by atoms with van der Waals surface area (Å²) in [6, 6.07) is 8.72. The molecule has 0 atom stereocenters. The molecule has 1 aromatic heterocycles. The quantitative estimate of drug-likeness (QED) is 0.246. The zero-order valence-electron chi connectivity index (χ0n) is 14.6. The highest BCUT2D eigenvalue weighted by atomic mass is 127. The molecule has 8 nitrogen and oxygen atoms in total. The standard InChI is InChI=1S/C17H21N5O3.HI/c1-24-14-6-5-13(10-15(14)25-2)22-17(18)21-9-8-20-16(23)12-4-3-7-19-11-12;/h3-7,10-11H,8-9H2,1-2H3,(H,20,23)(H3,18,21,22);1H. The second kappa shape index (κ2) is 11.1. The van der Waals surface area contributed by atoms with Crippen molar-refractivity contribution in [3.63, 3.8) is 0 Å². The molecule has 1 heterocycles. The van der Waals surface area contributed by atoms with E-state index in [9.17, 15) is 4.79 Å². The summed E-state index contributed by atoms with van der Waals surface area (Å²) in [6.07, 6.45) is 3.12. The van der Waals surface area contributed by atoms with E-state index in [0.29, 0.717) is 30.2 Å². The summed E-state index contributed by atoms with van der Waals surface area (Å²) in [6.45, 7) is 0.708. The summed E-state index contributed by atoms with van der Waals surface area (Å²) >= 11 is 0. The largest absolute Gasteiger partial charge is 0.493 e. The van der Waals surface area contributed by atoms with Crippen molar-refractivity contribution < 1.29 is 14.3 Å². The number of carbonyl (C=O) groups is 1. The van der Waals surface area contributed by atoms with E-state index in [1.54, 1.807) is 50.7 Å². The van der Waals surface area contributed by atoms with Crippen molar-refractivity contribution in [1.82, 2.24) is 10.3 Å². The first-order valence-electron chi connectivity index (χ1n) is 7.61. The summed E-state index contributed by atoms with van der Waals surface area (Å²) in [5, 5.41) is 5.70. The lowest BCUT2D eigenvalue weighted by Gasteiger charge is -2.11. The first-order chi connectivity index (χ1) is 12.1. The Morgan fingerprint density at radius 3 is 2.65 bits per heavy atom. The van der Waals surface area contributed by atoms with Crippen molar-refractivity contribution in [3.05, 3.63) is 48.3 Å². The van der Waals surface area contributed by atoms with Crippen LogP contribution in [0.15, 0.2) is 47.7 Å². The van der Waals surface area contributed by atoms with Gasteiger partial charge < -0.3 is 25.8 Å². The van der Waals surface area contributed by atoms with Crippen molar-refractivity contribution in [3.8, 4) is 11.5 Å². The van der Waals surface area contributed by atoms with E-state index in [4.69, 9.17) is 15.2 Å². The molecule has 1 amide bonds. The van der Waals surface area contributed by atoms with Gasteiger partial charge in [-0.2, -0.15) is 0 Å². The summed E-state index contributed by atoms with van der Waals surface area (Å²) < 4.78 is 10.4. The minimum Gasteiger partial charge on any atom is -0.493 e. The summed E-state index contributed by atoms with van der Waals surface area (Å²) in [5.74, 6) is 1.25. The van der Waals surface area contributed by atoms with Crippen LogP contribution in [-0.2, 0) is 0 Å². The number of ether oxygens (including phenoxy) is 2. The predicted molar refractivity (Wildman–Crippen MR) is 112 cm³/mol. The number of guanidine groups is 1. The normalized spacial score (nSPS) is 10.5. The van der Waals surface area contributed by atoms with E-state index in [0.717, 1.165) is 5.69 Å². The lowest BCUT2D eigenvalue weighted by molar-refractivity contribution is 0.0954. The number of aliphatic imine (C=N–C) groups is 1. The SMILES string of the molecule is COc1ccc(NC(N)=NCCNC(=O)c2cccnc2)cc1OC.I. The zero-order valence-corrected chi connectivity index (χ0v) is 16.9. The van der Waals surface area contributed by atoms with Gasteiger partial charge in [0, 0.05) is 30.7 Å². The Labute approximate surface area is 169 Å². The number of hydrogen-bond donors (Lipinski definition) is 3. The molecule has 9 heteroatoms. The molecule has 1 aromatic carbocycles. The minimum atomic E-state index is -0.199. The smallest absolute Gasteiger partial charge is 0.252 e. The maximum atomic E-state index is 11.8. The number of methoxy groups -OCH3 is 2. The number of halogens is 1. The first kappa shape index (κ1) is 21.5. The minimum absolute atomic E-state index is 0. The van der Waals surface area contributed by atoms with Crippen LogP contribution < -0.4 is 25.8 Å². The molecule has 4 N–H and O–H groups in total. The van der Waals surface area contributed by atoms with Gasteiger partial charge in [-0.1, -0.05) is 0 Å². The fourth-order valence-corrected chi connectivity index (χ4v) is 2.05. The zero-order chi connectivity index (χ0) is 18.1. The number of pyridine rings is 1. The van der Waals surface area contributed by atoms with Gasteiger partial charge in [-0.05, 0) is 24.3 Å². The van der Waals surface area contributed by atoms with Crippen LogP contribution in [0.3, 0.4) is 0 Å². The van der Waals surface area contributed by atoms with E-state index < -0.39 is 0 Å². The first-order valence-corrected chi connectivity index (χ1v) is 7.61. The Hall–Kier alpha value is -2.56. The third-order valence-electron chi connectivity index (χ3n) is 3.26. The van der Waals surface area contributed by atoms with Gasteiger partial charge in [0.25, 0.3) is 5.91 Å². The summed E-state index contributed by atoms with van der Waals surface area (Å²) in [7, 11) is 3.13. The van der Waals surface area contributed by atoms with Gasteiger partial charge in [-0.3, -0.25) is 14.8 Å². The van der Waals surface area contributed by atoms with Gasteiger partial charge >= 0.3 is 0 Å². The molecule has 0 aliphatic rings. The number of amides is 1. The molecule has 140 valence electrons. The number of nitrogens with one attached hydrogen (secondary N) is 2. The Balaban J connectivity index is 0.00000338. The average molecular weight is 471 g/mol. The lowest BCUT2D eigenvalue weighted by atomic mass is 10.3. The molecule has 0 aliphatic heterocycles. The van der Waals surface area contributed by atoms with E-state index in [1.807, 2.05) is 0 Å². The van der Waals surface area contributed by atoms with Crippen LogP contribution in [-0.4, -0.2) is 44.2 Å². The lowest BCUT2D eigenvalue weighted by Crippen LogP contribution is -2.28. The second-order valence-electron chi connectivity index (χ2n) is 4.96. The monoisotopic (exact) mass is 471 g/mol. The fourth-order valence-electron chi connectivity index (χ4n) is 2.05. The number of anilines is 1. The third kappa shape index (κ3) is 6.39. The summed E-state index contributed by atoms with van der Waals surface area (Å²) in [4.78, 5) is 19.9. The molecule has 0 saturated heterocycles. The van der Waals surface area contributed by atoms with Gasteiger partial charge in [-0.15, -0.1) is 24.0 Å². The number of nitrogens with two attached hydrogens (primary N) is 1. The number of hydrogen-bond acceptors (Lipinski definition) is 5. The number of aromatic nitrogens is 1. The van der Waals surface area contributed by atoms with Crippen molar-refractivity contribution >= 4 is 41.5 Å². The van der Waals surface area contributed by atoms with Crippen LogP contribution in [0.2, 0.25) is 0 Å². The topological polar surface area (TPSA) is 111 Å². The third-order valence-corrected chi connectivity index (χ3v) is 3.26. The van der Waals surface area contributed by atoms with Gasteiger partial charge in [0.1, 0.15) is 0 Å². The number of rotatable bonds is 7. The van der Waals surface area contributed by atoms with Crippen LogP contribution in [0.25, 0.3) is 0 Å². The highest BCUT2D eigenvalue weighted by Crippen LogP contribution is 2.29. The molecule has 0 bridgehead atoms. The van der Waals surface area contributed by atoms with Crippen molar-refractivity contribution in [1.29, 1.82) is 0 Å². The van der Waals surface area contributed by atoms with Crippen LogP contribution in [0, 0.1) is 0 Å². The van der Waals surface area contributed by atoms with Crippen LogP contribution in [0.5, 0.6) is 11.5 Å². The van der Waals surface area contributed by atoms with Gasteiger partial charge in [-0.25, -0.2) is 0 Å². The molecule has 2 rings (SSSR count). The van der Waals surface area contributed by atoms with Gasteiger partial charge in [0.05, 0.1) is 26.3 Å². The molecule has 0 aliphatic carbocycles. The maximum absolute atomic E-state index is 11.8. The molecule has 0 fully saturated rings. The van der Waals surface area contributed by atoms with Crippen LogP contribution >= 0.6 is 24.0 Å².